The van der Waals surface area contributed by atoms with Gasteiger partial charge in [0, 0.05) is 13.2 Å². The van der Waals surface area contributed by atoms with Crippen LogP contribution in [0.5, 0.6) is 0 Å². The van der Waals surface area contributed by atoms with E-state index in [1.807, 2.05) is 0 Å². The molecule has 0 saturated carbocycles. The molecule has 0 aliphatic carbocycles. The molecule has 2 rings (SSSR count). The number of aliphatic hydroxyl groups is 1. The number of aryl methyl sites for hydroxylation is 1. The van der Waals surface area contributed by atoms with Gasteiger partial charge < -0.3 is 9.63 Å². The van der Waals surface area contributed by atoms with E-state index < -0.39 is 0 Å². The molecule has 0 aliphatic heterocycles. The molecule has 13 heavy (non-hydrogen) atoms. The predicted octanol–water partition coefficient (Wildman–Crippen LogP) is -0.0376. The van der Waals surface area contributed by atoms with Crippen LogP contribution in [-0.2, 0) is 13.7 Å². The third kappa shape index (κ3) is 1.31. The molecule has 0 bridgehead atoms. The van der Waals surface area contributed by atoms with Crippen molar-refractivity contribution >= 4 is 0 Å². The van der Waals surface area contributed by atoms with Crippen molar-refractivity contribution in [3.05, 3.63) is 18.1 Å². The second-order valence-electron chi connectivity index (χ2n) is 2.51. The maximum absolute atomic E-state index is 8.71. The summed E-state index contributed by atoms with van der Waals surface area (Å²) in [6, 6.07) is 1.76. The van der Waals surface area contributed by atoms with Gasteiger partial charge in [0.2, 0.25) is 0 Å². The van der Waals surface area contributed by atoms with E-state index in [4.69, 9.17) is 9.63 Å². The lowest BCUT2D eigenvalue weighted by molar-refractivity contribution is 0.264. The molecule has 0 saturated heterocycles. The highest BCUT2D eigenvalue weighted by Gasteiger charge is 2.10. The summed E-state index contributed by atoms with van der Waals surface area (Å²) in [5.74, 6) is 0.639. The zero-order valence-electron chi connectivity index (χ0n) is 7.01. The molecule has 0 aliphatic rings. The molecular weight excluding hydrogens is 172 g/mol. The molecule has 0 radical (unpaired) electrons. The standard InChI is InChI=1S/C7H8N4O2/c1-11-5(2-3-8-11)7-9-6(4-12)10-13-7/h2-3,12H,4H2,1H3. The normalized spacial score (nSPS) is 10.6. The van der Waals surface area contributed by atoms with Gasteiger partial charge in [0.1, 0.15) is 12.3 Å². The fourth-order valence-corrected chi connectivity index (χ4v) is 1.01. The minimum atomic E-state index is -0.221. The van der Waals surface area contributed by atoms with Crippen molar-refractivity contribution in [2.75, 3.05) is 0 Å². The van der Waals surface area contributed by atoms with Crippen LogP contribution in [0, 0.1) is 0 Å². The first-order valence-electron chi connectivity index (χ1n) is 3.73. The van der Waals surface area contributed by atoms with Gasteiger partial charge in [0.25, 0.3) is 5.89 Å². The molecule has 0 spiro atoms. The van der Waals surface area contributed by atoms with Crippen LogP contribution in [0.15, 0.2) is 16.8 Å². The largest absolute Gasteiger partial charge is 0.388 e. The van der Waals surface area contributed by atoms with E-state index in [0.29, 0.717) is 5.89 Å². The van der Waals surface area contributed by atoms with Crippen molar-refractivity contribution in [3.8, 4) is 11.6 Å². The summed E-state index contributed by atoms with van der Waals surface area (Å²) in [5.41, 5.74) is 0.729. The van der Waals surface area contributed by atoms with Gasteiger partial charge >= 0.3 is 0 Å². The molecule has 0 atom stereocenters. The highest BCUT2D eigenvalue weighted by Crippen LogP contribution is 2.14. The lowest BCUT2D eigenvalue weighted by Gasteiger charge is -1.92. The Morgan fingerprint density at radius 1 is 1.62 bits per heavy atom. The van der Waals surface area contributed by atoms with Gasteiger partial charge in [-0.05, 0) is 6.07 Å². The van der Waals surface area contributed by atoms with Crippen LogP contribution in [0.4, 0.5) is 0 Å². The van der Waals surface area contributed by atoms with Crippen molar-refractivity contribution in [3.63, 3.8) is 0 Å². The van der Waals surface area contributed by atoms with E-state index in [1.54, 1.807) is 24.0 Å². The SMILES string of the molecule is Cn1nccc1-c1nc(CO)no1. The van der Waals surface area contributed by atoms with Crippen molar-refractivity contribution in [2.45, 2.75) is 6.61 Å². The zero-order valence-corrected chi connectivity index (χ0v) is 7.01. The molecule has 0 amide bonds. The predicted molar refractivity (Wildman–Crippen MR) is 42.4 cm³/mol. The Morgan fingerprint density at radius 3 is 3.00 bits per heavy atom. The molecule has 0 fully saturated rings. The lowest BCUT2D eigenvalue weighted by Crippen LogP contribution is -1.93. The van der Waals surface area contributed by atoms with Gasteiger partial charge in [-0.2, -0.15) is 10.1 Å². The summed E-state index contributed by atoms with van der Waals surface area (Å²) in [7, 11) is 1.78. The van der Waals surface area contributed by atoms with Gasteiger partial charge in [0.15, 0.2) is 5.82 Å². The Kier molecular flexibility index (Phi) is 1.82. The van der Waals surface area contributed by atoms with Gasteiger partial charge in [0.05, 0.1) is 0 Å². The fraction of sp³-hybridized carbons (Fsp3) is 0.286. The Labute approximate surface area is 73.8 Å². The second-order valence-corrected chi connectivity index (χ2v) is 2.51. The first-order valence-corrected chi connectivity index (χ1v) is 3.73. The number of hydrogen-bond donors (Lipinski definition) is 1. The number of aliphatic hydroxyl groups excluding tert-OH is 1. The van der Waals surface area contributed by atoms with E-state index >= 15 is 0 Å². The molecule has 6 nitrogen and oxygen atoms in total. The highest BCUT2D eigenvalue weighted by atomic mass is 16.5. The van der Waals surface area contributed by atoms with Gasteiger partial charge in [-0.25, -0.2) is 0 Å². The molecule has 2 aromatic rings. The first-order chi connectivity index (χ1) is 6.31. The average molecular weight is 180 g/mol. The van der Waals surface area contributed by atoms with Crippen LogP contribution in [0.1, 0.15) is 5.82 Å². The summed E-state index contributed by atoms with van der Waals surface area (Å²) in [6.07, 6.45) is 1.64. The van der Waals surface area contributed by atoms with Crippen LogP contribution in [-0.4, -0.2) is 25.0 Å². The lowest BCUT2D eigenvalue weighted by atomic mass is 10.4. The Balaban J connectivity index is 2.41. The summed E-state index contributed by atoms with van der Waals surface area (Å²) in [5, 5.41) is 16.2. The molecule has 6 heteroatoms. The minimum absolute atomic E-state index is 0.221. The highest BCUT2D eigenvalue weighted by molar-refractivity contribution is 5.45. The van der Waals surface area contributed by atoms with E-state index in [0.717, 1.165) is 5.69 Å². The van der Waals surface area contributed by atoms with Crippen molar-refractivity contribution in [1.29, 1.82) is 0 Å². The first kappa shape index (κ1) is 7.93. The zero-order chi connectivity index (χ0) is 9.26. The maximum Gasteiger partial charge on any atom is 0.276 e. The number of nitrogens with zero attached hydrogens (tertiary/aromatic N) is 4. The van der Waals surface area contributed by atoms with E-state index in [2.05, 4.69) is 15.2 Å². The quantitative estimate of drug-likeness (QED) is 0.701. The summed E-state index contributed by atoms with van der Waals surface area (Å²) in [4.78, 5) is 3.94. The van der Waals surface area contributed by atoms with Gasteiger partial charge in [-0.15, -0.1) is 0 Å². The Hall–Kier alpha value is -1.69. The molecular formula is C7H8N4O2. The van der Waals surface area contributed by atoms with Crippen molar-refractivity contribution < 1.29 is 9.63 Å². The second kappa shape index (κ2) is 2.98. The van der Waals surface area contributed by atoms with Gasteiger partial charge in [-0.1, -0.05) is 5.16 Å². The maximum atomic E-state index is 8.71. The van der Waals surface area contributed by atoms with Crippen LogP contribution in [0.25, 0.3) is 11.6 Å². The monoisotopic (exact) mass is 180 g/mol. The van der Waals surface area contributed by atoms with Crippen LogP contribution in [0.2, 0.25) is 0 Å². The molecule has 2 heterocycles. The average Bonchev–Trinajstić information content (AvgIpc) is 2.71. The van der Waals surface area contributed by atoms with Crippen LogP contribution >= 0.6 is 0 Å². The number of rotatable bonds is 2. The number of aromatic nitrogens is 4. The molecule has 1 N–H and O–H groups in total. The van der Waals surface area contributed by atoms with Crippen molar-refractivity contribution in [1.82, 2.24) is 19.9 Å². The van der Waals surface area contributed by atoms with E-state index in [1.165, 1.54) is 0 Å². The fourth-order valence-electron chi connectivity index (χ4n) is 1.01. The summed E-state index contributed by atoms with van der Waals surface area (Å²) in [6.45, 7) is -0.221. The summed E-state index contributed by atoms with van der Waals surface area (Å²) >= 11 is 0. The Bertz CT molecular complexity index is 406. The van der Waals surface area contributed by atoms with Gasteiger partial charge in [-0.3, -0.25) is 4.68 Å². The van der Waals surface area contributed by atoms with E-state index in [-0.39, 0.29) is 12.4 Å². The summed E-state index contributed by atoms with van der Waals surface area (Å²) < 4.78 is 6.52. The van der Waals surface area contributed by atoms with E-state index in [9.17, 15) is 0 Å². The molecule has 68 valence electrons. The smallest absolute Gasteiger partial charge is 0.276 e. The third-order valence-corrected chi connectivity index (χ3v) is 1.65. The molecule has 0 aromatic carbocycles. The Morgan fingerprint density at radius 2 is 2.46 bits per heavy atom. The number of hydrogen-bond acceptors (Lipinski definition) is 5. The topological polar surface area (TPSA) is 77.0 Å². The van der Waals surface area contributed by atoms with Crippen LogP contribution < -0.4 is 0 Å². The molecule has 2 aromatic heterocycles. The third-order valence-electron chi connectivity index (χ3n) is 1.65. The van der Waals surface area contributed by atoms with Crippen molar-refractivity contribution in [2.24, 2.45) is 7.05 Å². The van der Waals surface area contributed by atoms with Crippen LogP contribution in [0.3, 0.4) is 0 Å². The molecule has 0 unspecified atom stereocenters. The minimum Gasteiger partial charge on any atom is -0.388 e.